The van der Waals surface area contributed by atoms with Crippen LogP contribution in [0.3, 0.4) is 0 Å². The van der Waals surface area contributed by atoms with Gasteiger partial charge in [0.25, 0.3) is 0 Å². The molecule has 0 saturated heterocycles. The molecular formula is C19H22O7. The van der Waals surface area contributed by atoms with Gasteiger partial charge in [0.2, 0.25) is 11.5 Å². The Morgan fingerprint density at radius 1 is 0.846 bits per heavy atom. The highest BCUT2D eigenvalue weighted by molar-refractivity contribution is 5.97. The summed E-state index contributed by atoms with van der Waals surface area (Å²) in [5.41, 5.74) is 0.848. The molecule has 0 aromatic heterocycles. The second-order valence-electron chi connectivity index (χ2n) is 5.46. The van der Waals surface area contributed by atoms with Gasteiger partial charge in [-0.1, -0.05) is 6.07 Å². The molecule has 0 amide bonds. The molecule has 0 aliphatic heterocycles. The largest absolute Gasteiger partial charge is 0.504 e. The number of aromatic hydroxyl groups is 2. The van der Waals surface area contributed by atoms with Crippen LogP contribution in [0, 0.1) is 0 Å². The molecule has 7 heteroatoms. The Balaban J connectivity index is 2.22. The molecule has 0 bridgehead atoms. The van der Waals surface area contributed by atoms with Crippen molar-refractivity contribution in [2.45, 2.75) is 12.8 Å². The summed E-state index contributed by atoms with van der Waals surface area (Å²) < 4.78 is 20.7. The van der Waals surface area contributed by atoms with E-state index < -0.39 is 0 Å². The minimum atomic E-state index is -0.342. The van der Waals surface area contributed by atoms with Gasteiger partial charge < -0.3 is 29.2 Å². The van der Waals surface area contributed by atoms with Crippen molar-refractivity contribution in [3.05, 3.63) is 35.4 Å². The number of carbonyl (C=O) groups excluding carboxylic acids is 1. The smallest absolute Gasteiger partial charge is 0.203 e. The zero-order valence-electron chi connectivity index (χ0n) is 15.2. The van der Waals surface area contributed by atoms with Crippen molar-refractivity contribution in [2.24, 2.45) is 0 Å². The lowest BCUT2D eigenvalue weighted by Crippen LogP contribution is -2.04. The van der Waals surface area contributed by atoms with Gasteiger partial charge in [-0.25, -0.2) is 0 Å². The van der Waals surface area contributed by atoms with Crippen LogP contribution in [0.5, 0.6) is 34.5 Å². The third kappa shape index (κ3) is 3.77. The van der Waals surface area contributed by atoms with Gasteiger partial charge in [-0.3, -0.25) is 4.79 Å². The lowest BCUT2D eigenvalue weighted by atomic mass is 10.0. The maximum Gasteiger partial charge on any atom is 0.203 e. The third-order valence-electron chi connectivity index (χ3n) is 4.03. The molecule has 2 aromatic carbocycles. The number of phenolic OH excluding ortho intramolecular Hbond substituents is 2. The number of Topliss-reactive ketones (excluding diaryl/α,β-unsaturated/α-hetero) is 1. The molecule has 0 atom stereocenters. The quantitative estimate of drug-likeness (QED) is 0.551. The van der Waals surface area contributed by atoms with Crippen molar-refractivity contribution >= 4 is 5.78 Å². The summed E-state index contributed by atoms with van der Waals surface area (Å²) in [6.07, 6.45) is 0.372. The van der Waals surface area contributed by atoms with E-state index in [1.165, 1.54) is 34.5 Å². The van der Waals surface area contributed by atoms with Crippen LogP contribution in [0.4, 0.5) is 0 Å². The van der Waals surface area contributed by atoms with E-state index in [9.17, 15) is 15.0 Å². The number of ether oxygens (including phenoxy) is 4. The molecule has 0 spiro atoms. The van der Waals surface area contributed by atoms with Crippen molar-refractivity contribution in [1.82, 2.24) is 0 Å². The van der Waals surface area contributed by atoms with E-state index in [-0.39, 0.29) is 35.9 Å². The van der Waals surface area contributed by atoms with Gasteiger partial charge >= 0.3 is 0 Å². The number of phenols is 2. The normalized spacial score (nSPS) is 10.3. The average Bonchev–Trinajstić information content (AvgIpc) is 2.67. The van der Waals surface area contributed by atoms with Crippen molar-refractivity contribution in [3.8, 4) is 34.5 Å². The van der Waals surface area contributed by atoms with Gasteiger partial charge in [0.1, 0.15) is 0 Å². The van der Waals surface area contributed by atoms with Crippen LogP contribution in [0.2, 0.25) is 0 Å². The van der Waals surface area contributed by atoms with Gasteiger partial charge in [0.05, 0.1) is 28.4 Å². The molecule has 0 radical (unpaired) electrons. The molecule has 2 N–H and O–H groups in total. The van der Waals surface area contributed by atoms with Gasteiger partial charge in [0.15, 0.2) is 28.8 Å². The maximum absolute atomic E-state index is 12.6. The van der Waals surface area contributed by atoms with Crippen LogP contribution in [-0.4, -0.2) is 44.4 Å². The Morgan fingerprint density at radius 3 is 1.92 bits per heavy atom. The van der Waals surface area contributed by atoms with Crippen LogP contribution >= 0.6 is 0 Å². The van der Waals surface area contributed by atoms with E-state index in [1.807, 2.05) is 0 Å². The van der Waals surface area contributed by atoms with E-state index >= 15 is 0 Å². The van der Waals surface area contributed by atoms with Gasteiger partial charge in [0, 0.05) is 12.0 Å². The van der Waals surface area contributed by atoms with Crippen LogP contribution < -0.4 is 18.9 Å². The van der Waals surface area contributed by atoms with Crippen molar-refractivity contribution < 1.29 is 34.0 Å². The minimum absolute atomic E-state index is 0.123. The van der Waals surface area contributed by atoms with E-state index in [1.54, 1.807) is 18.2 Å². The number of methoxy groups -OCH3 is 4. The average molecular weight is 362 g/mol. The fraction of sp³-hybridized carbons (Fsp3) is 0.316. The minimum Gasteiger partial charge on any atom is -0.504 e. The first-order chi connectivity index (χ1) is 12.5. The summed E-state index contributed by atoms with van der Waals surface area (Å²) in [7, 11) is 5.83. The molecule has 0 heterocycles. The molecular weight excluding hydrogens is 340 g/mol. The highest BCUT2D eigenvalue weighted by atomic mass is 16.5. The summed E-state index contributed by atoms with van der Waals surface area (Å²) in [5, 5.41) is 19.9. The molecule has 7 nitrogen and oxygen atoms in total. The summed E-state index contributed by atoms with van der Waals surface area (Å²) in [4.78, 5) is 12.6. The molecule has 0 unspecified atom stereocenters. The highest BCUT2D eigenvalue weighted by Gasteiger charge is 2.18. The van der Waals surface area contributed by atoms with Crippen LogP contribution in [0.15, 0.2) is 24.3 Å². The van der Waals surface area contributed by atoms with Crippen molar-refractivity contribution in [3.63, 3.8) is 0 Å². The molecule has 0 aliphatic carbocycles. The number of rotatable bonds is 8. The molecule has 26 heavy (non-hydrogen) atoms. The Kier molecular flexibility index (Phi) is 6.16. The summed E-state index contributed by atoms with van der Waals surface area (Å²) >= 11 is 0. The van der Waals surface area contributed by atoms with E-state index in [0.29, 0.717) is 28.4 Å². The Bertz CT molecular complexity index is 774. The second-order valence-corrected chi connectivity index (χ2v) is 5.46. The van der Waals surface area contributed by atoms with Gasteiger partial charge in [-0.15, -0.1) is 0 Å². The van der Waals surface area contributed by atoms with Gasteiger partial charge in [-0.2, -0.15) is 0 Å². The summed E-state index contributed by atoms with van der Waals surface area (Å²) in [6, 6.07) is 6.30. The molecule has 2 aromatic rings. The number of benzene rings is 2. The predicted molar refractivity (Wildman–Crippen MR) is 95.1 cm³/mol. The van der Waals surface area contributed by atoms with E-state index in [0.717, 1.165) is 0 Å². The van der Waals surface area contributed by atoms with E-state index in [4.69, 9.17) is 18.9 Å². The second kappa shape index (κ2) is 8.33. The number of hydrogen-bond donors (Lipinski definition) is 2. The third-order valence-corrected chi connectivity index (χ3v) is 4.03. The van der Waals surface area contributed by atoms with Crippen molar-refractivity contribution in [2.75, 3.05) is 28.4 Å². The highest BCUT2D eigenvalue weighted by Crippen LogP contribution is 2.40. The predicted octanol–water partition coefficient (Wildman–Crippen LogP) is 2.95. The topological polar surface area (TPSA) is 94.5 Å². The van der Waals surface area contributed by atoms with E-state index in [2.05, 4.69) is 0 Å². The summed E-state index contributed by atoms with van der Waals surface area (Å²) in [6.45, 7) is 0. The first-order valence-corrected chi connectivity index (χ1v) is 7.87. The standard InChI is InChI=1S/C19H22O7/c1-23-14-8-6-11(17(21)18(14)22)5-7-13(20)12-9-15(24-2)19(26-4)16(10-12)25-3/h6,8-10,21-22H,5,7H2,1-4H3. The Hall–Kier alpha value is -3.09. The molecule has 2 rings (SSSR count). The van der Waals surface area contributed by atoms with Crippen LogP contribution in [-0.2, 0) is 6.42 Å². The lowest BCUT2D eigenvalue weighted by molar-refractivity contribution is 0.0982. The fourth-order valence-electron chi connectivity index (χ4n) is 2.60. The Labute approximate surface area is 151 Å². The SMILES string of the molecule is COc1ccc(CCC(=O)c2cc(OC)c(OC)c(OC)c2)c(O)c1O. The summed E-state index contributed by atoms with van der Waals surface area (Å²) in [5.74, 6) is 0.554. The number of carbonyl (C=O) groups is 1. The first kappa shape index (κ1) is 19.2. The van der Waals surface area contributed by atoms with Gasteiger partial charge in [-0.05, 0) is 30.2 Å². The molecule has 140 valence electrons. The number of hydrogen-bond acceptors (Lipinski definition) is 7. The number of ketones is 1. The zero-order valence-corrected chi connectivity index (χ0v) is 15.2. The fourth-order valence-corrected chi connectivity index (χ4v) is 2.60. The molecule has 0 saturated carbocycles. The maximum atomic E-state index is 12.6. The number of aryl methyl sites for hydroxylation is 1. The lowest BCUT2D eigenvalue weighted by Gasteiger charge is -2.14. The van der Waals surface area contributed by atoms with Crippen LogP contribution in [0.25, 0.3) is 0 Å². The Morgan fingerprint density at radius 2 is 1.42 bits per heavy atom. The van der Waals surface area contributed by atoms with Crippen LogP contribution in [0.1, 0.15) is 22.3 Å². The molecule has 0 fully saturated rings. The zero-order chi connectivity index (χ0) is 19.3. The van der Waals surface area contributed by atoms with Crippen molar-refractivity contribution in [1.29, 1.82) is 0 Å². The molecule has 0 aliphatic rings. The monoisotopic (exact) mass is 362 g/mol. The first-order valence-electron chi connectivity index (χ1n) is 7.87.